The third-order valence-electron chi connectivity index (χ3n) is 5.31. The number of rotatable bonds is 6. The van der Waals surface area contributed by atoms with E-state index in [4.69, 9.17) is 10.00 Å². The molecule has 1 aliphatic rings. The Morgan fingerprint density at radius 2 is 1.88 bits per heavy atom. The third-order valence-corrected chi connectivity index (χ3v) is 7.08. The first-order chi connectivity index (χ1) is 16.3. The number of hydrogen-bond donors (Lipinski definition) is 0. The van der Waals surface area contributed by atoms with E-state index in [0.29, 0.717) is 11.1 Å². The number of benzene rings is 3. The number of carbonyl (C=O) groups is 1. The van der Waals surface area contributed by atoms with Gasteiger partial charge >= 0.3 is 5.97 Å². The van der Waals surface area contributed by atoms with Crippen LogP contribution >= 0.6 is 0 Å². The van der Waals surface area contributed by atoms with E-state index in [2.05, 4.69) is 0 Å². The average Bonchev–Trinajstić information content (AvgIpc) is 3.22. The number of allylic oxidation sites excluding steroid dienone is 1. The van der Waals surface area contributed by atoms with Crippen LogP contribution in [0.25, 0.3) is 6.08 Å². The molecule has 9 heteroatoms. The number of carbonyl (C=O) groups excluding carboxylic acids is 1. The monoisotopic (exact) mass is 473 g/mol. The number of cyclic esters (lactones) is 1. The van der Waals surface area contributed by atoms with Gasteiger partial charge in [0, 0.05) is 17.2 Å². The van der Waals surface area contributed by atoms with Gasteiger partial charge in [0.05, 0.1) is 40.4 Å². The molecule has 3 aromatic carbocycles. The molecule has 0 radical (unpaired) electrons. The number of nitriles is 2. The van der Waals surface area contributed by atoms with Crippen LogP contribution in [0.2, 0.25) is 0 Å². The Bertz CT molecular complexity index is 1520. The molecule has 0 aliphatic carbocycles. The molecule has 0 unspecified atom stereocenters. The van der Waals surface area contributed by atoms with Crippen molar-refractivity contribution in [1.29, 1.82) is 10.5 Å². The second-order valence-corrected chi connectivity index (χ2v) is 9.20. The molecule has 0 fully saturated rings. The fourth-order valence-electron chi connectivity index (χ4n) is 3.59. The molecule has 0 saturated heterocycles. The zero-order chi connectivity index (χ0) is 24.3. The highest BCUT2D eigenvalue weighted by molar-refractivity contribution is 7.92. The van der Waals surface area contributed by atoms with E-state index in [1.807, 2.05) is 12.1 Å². The number of ether oxygens (including phenoxy) is 1. The molecule has 7 nitrogen and oxygen atoms in total. The number of anilines is 1. The quantitative estimate of drug-likeness (QED) is 0.390. The van der Waals surface area contributed by atoms with E-state index in [1.165, 1.54) is 60.7 Å². The van der Waals surface area contributed by atoms with E-state index in [1.54, 1.807) is 12.1 Å². The fraction of sp³-hybridized carbons (Fsp3) is 0.0800. The van der Waals surface area contributed by atoms with Crippen molar-refractivity contribution in [3.05, 3.63) is 100 Å². The van der Waals surface area contributed by atoms with E-state index in [0.717, 1.165) is 4.31 Å². The normalized spacial score (nSPS) is 12.6. The zero-order valence-corrected chi connectivity index (χ0v) is 18.4. The van der Waals surface area contributed by atoms with Crippen molar-refractivity contribution in [3.8, 4) is 12.1 Å². The molecule has 4 rings (SSSR count). The molecule has 1 aliphatic heterocycles. The number of fused-ring (bicyclic) bond motifs is 1. The predicted molar refractivity (Wildman–Crippen MR) is 121 cm³/mol. The Morgan fingerprint density at radius 3 is 2.65 bits per heavy atom. The van der Waals surface area contributed by atoms with Crippen LogP contribution in [0.15, 0.2) is 71.6 Å². The number of sulfonamides is 1. The Labute approximate surface area is 195 Å². The number of halogens is 1. The van der Waals surface area contributed by atoms with Crippen molar-refractivity contribution in [1.82, 2.24) is 0 Å². The minimum Gasteiger partial charge on any atom is -0.457 e. The molecule has 0 atom stereocenters. The van der Waals surface area contributed by atoms with Gasteiger partial charge in [0.25, 0.3) is 10.0 Å². The Balaban J connectivity index is 1.90. The average molecular weight is 473 g/mol. The summed E-state index contributed by atoms with van der Waals surface area (Å²) < 4.78 is 48.3. The van der Waals surface area contributed by atoms with Gasteiger partial charge in [-0.1, -0.05) is 24.3 Å². The summed E-state index contributed by atoms with van der Waals surface area (Å²) >= 11 is 0. The molecule has 0 spiro atoms. The second-order valence-electron chi connectivity index (χ2n) is 7.34. The summed E-state index contributed by atoms with van der Waals surface area (Å²) in [5.41, 5.74) is 1.47. The van der Waals surface area contributed by atoms with Crippen molar-refractivity contribution in [2.75, 3.05) is 4.31 Å². The predicted octanol–water partition coefficient (Wildman–Crippen LogP) is 4.30. The first kappa shape index (κ1) is 22.7. The van der Waals surface area contributed by atoms with Crippen LogP contribution in [0.3, 0.4) is 0 Å². The fourth-order valence-corrected chi connectivity index (χ4v) is 5.06. The summed E-state index contributed by atoms with van der Waals surface area (Å²) in [6.45, 7) is -0.341. The van der Waals surface area contributed by atoms with E-state index in [9.17, 15) is 22.9 Å². The van der Waals surface area contributed by atoms with Crippen molar-refractivity contribution >= 4 is 27.8 Å². The van der Waals surface area contributed by atoms with Crippen LogP contribution in [-0.4, -0.2) is 14.4 Å². The highest BCUT2D eigenvalue weighted by Gasteiger charge is 2.30. The van der Waals surface area contributed by atoms with Crippen LogP contribution in [-0.2, 0) is 27.9 Å². The largest absolute Gasteiger partial charge is 0.457 e. The highest BCUT2D eigenvalue weighted by atomic mass is 32.2. The minimum atomic E-state index is -4.30. The number of hydrogen-bond acceptors (Lipinski definition) is 6. The van der Waals surface area contributed by atoms with Crippen molar-refractivity contribution in [3.63, 3.8) is 0 Å². The van der Waals surface area contributed by atoms with Crippen LogP contribution in [0.4, 0.5) is 10.1 Å². The van der Waals surface area contributed by atoms with Crippen LogP contribution < -0.4 is 4.31 Å². The molecule has 3 aromatic rings. The first-order valence-electron chi connectivity index (χ1n) is 10.0. The van der Waals surface area contributed by atoms with E-state index >= 15 is 0 Å². The zero-order valence-electron chi connectivity index (χ0n) is 17.6. The van der Waals surface area contributed by atoms with Crippen molar-refractivity contribution in [2.24, 2.45) is 0 Å². The van der Waals surface area contributed by atoms with E-state index in [-0.39, 0.29) is 33.9 Å². The molecule has 1 heterocycles. The second kappa shape index (κ2) is 9.18. The smallest absolute Gasteiger partial charge is 0.338 e. The number of esters is 1. The SMILES string of the molecule is N#C/C=C/c1cccc(F)c1CN(c1ccc2c(c1)C(=O)OC2)S(=O)(=O)c1cccc(C#N)c1. The lowest BCUT2D eigenvalue weighted by Gasteiger charge is -2.26. The third kappa shape index (κ3) is 4.25. The lowest BCUT2D eigenvalue weighted by molar-refractivity contribution is 0.0535. The topological polar surface area (TPSA) is 111 Å². The highest BCUT2D eigenvalue weighted by Crippen LogP contribution is 2.32. The van der Waals surface area contributed by atoms with Gasteiger partial charge in [0.15, 0.2) is 0 Å². The summed E-state index contributed by atoms with van der Waals surface area (Å²) in [7, 11) is -4.30. The molecular weight excluding hydrogens is 457 g/mol. The van der Waals surface area contributed by atoms with Gasteiger partial charge in [-0.2, -0.15) is 10.5 Å². The summed E-state index contributed by atoms with van der Waals surface area (Å²) in [4.78, 5) is 11.9. The standard InChI is InChI=1S/C25H16FN3O4S/c26-24-8-2-5-18(6-3-11-27)23(24)15-29(20-10-9-19-16-33-25(30)22(19)13-20)34(31,32)21-7-1-4-17(12-21)14-28/h1-10,12-13H,15-16H2/b6-3+. The van der Waals surface area contributed by atoms with Gasteiger partial charge in [0.2, 0.25) is 0 Å². The van der Waals surface area contributed by atoms with Crippen molar-refractivity contribution in [2.45, 2.75) is 18.0 Å². The van der Waals surface area contributed by atoms with Gasteiger partial charge in [-0.15, -0.1) is 0 Å². The molecule has 0 amide bonds. The number of nitrogens with zero attached hydrogens (tertiary/aromatic N) is 3. The van der Waals surface area contributed by atoms with E-state index < -0.39 is 28.4 Å². The van der Waals surface area contributed by atoms with Crippen LogP contribution in [0.1, 0.15) is 32.6 Å². The molecular formula is C25H16FN3O4S. The maximum atomic E-state index is 14.9. The molecule has 0 aromatic heterocycles. The molecule has 0 saturated carbocycles. The van der Waals surface area contributed by atoms with Gasteiger partial charge in [-0.25, -0.2) is 17.6 Å². The molecule has 0 N–H and O–H groups in total. The summed E-state index contributed by atoms with van der Waals surface area (Å²) in [6.07, 6.45) is 2.55. The van der Waals surface area contributed by atoms with Gasteiger partial charge < -0.3 is 4.74 Å². The first-order valence-corrected chi connectivity index (χ1v) is 11.5. The van der Waals surface area contributed by atoms with Crippen LogP contribution in [0, 0.1) is 28.5 Å². The minimum absolute atomic E-state index is 0.0390. The lowest BCUT2D eigenvalue weighted by Crippen LogP contribution is -2.31. The Kier molecular flexibility index (Phi) is 6.13. The summed E-state index contributed by atoms with van der Waals surface area (Å²) in [5, 5.41) is 18.1. The van der Waals surface area contributed by atoms with Crippen molar-refractivity contribution < 1.29 is 22.3 Å². The molecule has 168 valence electrons. The summed E-state index contributed by atoms with van der Waals surface area (Å²) in [5.74, 6) is -1.24. The Morgan fingerprint density at radius 1 is 1.09 bits per heavy atom. The van der Waals surface area contributed by atoms with Gasteiger partial charge in [-0.05, 0) is 48.0 Å². The van der Waals surface area contributed by atoms with Gasteiger partial charge in [-0.3, -0.25) is 4.31 Å². The lowest BCUT2D eigenvalue weighted by atomic mass is 10.1. The Hall–Kier alpha value is -4.47. The molecule has 0 bridgehead atoms. The summed E-state index contributed by atoms with van der Waals surface area (Å²) in [6, 6.07) is 17.9. The maximum Gasteiger partial charge on any atom is 0.338 e. The molecule has 34 heavy (non-hydrogen) atoms. The van der Waals surface area contributed by atoms with Gasteiger partial charge in [0.1, 0.15) is 12.4 Å². The maximum absolute atomic E-state index is 14.9. The van der Waals surface area contributed by atoms with Crippen LogP contribution in [0.5, 0.6) is 0 Å².